The summed E-state index contributed by atoms with van der Waals surface area (Å²) in [6.07, 6.45) is 15.9. The number of carbonyl (C=O) groups is 4. The minimum atomic E-state index is -0.509. The van der Waals surface area contributed by atoms with Gasteiger partial charge in [-0.1, -0.05) is 46.6 Å². The number of benzene rings is 2. The largest absolute Gasteiger partial charge is 0.496 e. The number of anilines is 2. The molecule has 85 heavy (non-hydrogen) atoms. The summed E-state index contributed by atoms with van der Waals surface area (Å²) < 4.78 is 35.1. The molecule has 6 N–H and O–H groups in total. The molecule has 6 aromatic heterocycles. The van der Waals surface area contributed by atoms with E-state index in [1.807, 2.05) is 64.1 Å². The number of nitrogens with one attached hydrogen (secondary N) is 2. The molecule has 0 radical (unpaired) electrons. The fourth-order valence-electron chi connectivity index (χ4n) is 8.77. The van der Waals surface area contributed by atoms with Crippen LogP contribution >= 0.6 is 39.1 Å². The number of nitrogens with zero attached hydrogens (tertiary/aromatic N) is 6. The molecule has 20 nitrogen and oxygen atoms in total. The predicted molar refractivity (Wildman–Crippen MR) is 333 cm³/mol. The predicted octanol–water partition coefficient (Wildman–Crippen LogP) is 9.57. The molecule has 0 saturated carbocycles. The molecule has 4 amide bonds. The number of morpholine rings is 2. The first kappa shape index (κ1) is 63.1. The highest BCUT2D eigenvalue weighted by molar-refractivity contribution is 9.10. The van der Waals surface area contributed by atoms with Crippen LogP contribution in [0.1, 0.15) is 78.5 Å². The van der Waals surface area contributed by atoms with Gasteiger partial charge in [-0.25, -0.2) is 9.97 Å². The van der Waals surface area contributed by atoms with Gasteiger partial charge in [0.15, 0.2) is 11.2 Å². The number of halogens is 3. The van der Waals surface area contributed by atoms with Crippen molar-refractivity contribution in [3.63, 3.8) is 0 Å². The zero-order chi connectivity index (χ0) is 59.5. The average molecular weight is 1260 g/mol. The minimum Gasteiger partial charge on any atom is -0.458 e. The van der Waals surface area contributed by atoms with E-state index in [9.17, 15) is 19.2 Å². The molecular weight excluding hydrogens is 1190 g/mol. The molecule has 3 saturated heterocycles. The van der Waals surface area contributed by atoms with Gasteiger partial charge >= 0.3 is 7.12 Å². The molecule has 3 fully saturated rings. The maximum Gasteiger partial charge on any atom is 0.496 e. The molecule has 0 aliphatic carbocycles. The van der Waals surface area contributed by atoms with Gasteiger partial charge in [-0.2, -0.15) is 0 Å². The summed E-state index contributed by atoms with van der Waals surface area (Å²) in [4.78, 5) is 69.5. The number of ether oxygens (including phenoxy) is 2. The summed E-state index contributed by atoms with van der Waals surface area (Å²) in [5.74, 6) is 1.41. The number of hydrogen-bond acceptors (Lipinski definition) is 16. The molecule has 0 unspecified atom stereocenters. The number of nitrogen functional groups attached to an aromatic ring is 2. The molecule has 3 aliphatic heterocycles. The summed E-state index contributed by atoms with van der Waals surface area (Å²) in [7, 11) is -0.509. The molecule has 9 heterocycles. The lowest BCUT2D eigenvalue weighted by molar-refractivity contribution is -0.117. The third kappa shape index (κ3) is 16.5. The third-order valence-electron chi connectivity index (χ3n) is 14.0. The van der Waals surface area contributed by atoms with E-state index in [2.05, 4.69) is 46.5 Å². The Labute approximate surface area is 510 Å². The summed E-state index contributed by atoms with van der Waals surface area (Å²) in [5.41, 5.74) is 16.3. The van der Waals surface area contributed by atoms with E-state index in [1.54, 1.807) is 95.5 Å². The Morgan fingerprint density at radius 3 is 1.58 bits per heavy atom. The van der Waals surface area contributed by atoms with Crippen LogP contribution in [0.25, 0.3) is 45.2 Å². The van der Waals surface area contributed by atoms with Crippen LogP contribution in [0.2, 0.25) is 10.0 Å². The number of rotatable bonds is 12. The molecule has 2 aromatic carbocycles. The first-order valence-corrected chi connectivity index (χ1v) is 28.3. The first-order valence-electron chi connectivity index (χ1n) is 26.7. The SMILES string of the molecule is C.CC1(C)OB(c2cncc(C(=O)N3CCOCC3)c2)OC1(C)C.Nc1ccc(/C=C/C(=O)NCc2cc3cc(-c4cncc(C(=O)N5CCOCC5)c4)cc(Cl)c3o2)cn1.Nc1ccc(/C=C/C(=O)NCc2cc3cc(Br)cc(Cl)c3o2)cn1. The first-order chi connectivity index (χ1) is 40.3. The highest BCUT2D eigenvalue weighted by atomic mass is 79.9. The van der Waals surface area contributed by atoms with E-state index in [4.69, 9.17) is 62.3 Å². The van der Waals surface area contributed by atoms with Crippen LogP contribution in [0.5, 0.6) is 0 Å². The Morgan fingerprint density at radius 1 is 0.612 bits per heavy atom. The number of carbonyl (C=O) groups excluding carboxylic acids is 4. The van der Waals surface area contributed by atoms with E-state index in [0.717, 1.165) is 43.0 Å². The van der Waals surface area contributed by atoms with Crippen LogP contribution in [-0.4, -0.2) is 124 Å². The topological polar surface area (TPSA) is 266 Å². The Morgan fingerprint density at radius 2 is 1.08 bits per heavy atom. The minimum absolute atomic E-state index is 0. The van der Waals surface area contributed by atoms with Gasteiger partial charge in [0.25, 0.3) is 11.8 Å². The van der Waals surface area contributed by atoms with Crippen molar-refractivity contribution >= 4 is 121 Å². The molecule has 8 aromatic rings. The lowest BCUT2D eigenvalue weighted by Crippen LogP contribution is -2.41. The molecule has 442 valence electrons. The Hall–Kier alpha value is -7.96. The Bertz CT molecular complexity index is 3720. The van der Waals surface area contributed by atoms with Crippen LogP contribution < -0.4 is 27.6 Å². The van der Waals surface area contributed by atoms with Crippen molar-refractivity contribution in [1.29, 1.82) is 0 Å². The lowest BCUT2D eigenvalue weighted by atomic mass is 9.79. The summed E-state index contributed by atoms with van der Waals surface area (Å²) >= 11 is 16.0. The van der Waals surface area contributed by atoms with Gasteiger partial charge in [0.2, 0.25) is 11.8 Å². The number of fused-ring (bicyclic) bond motifs is 2. The van der Waals surface area contributed by atoms with Gasteiger partial charge in [-0.3, -0.25) is 29.1 Å². The smallest absolute Gasteiger partial charge is 0.458 e. The summed E-state index contributed by atoms with van der Waals surface area (Å²) in [5, 5.41) is 8.14. The number of pyridine rings is 4. The highest BCUT2D eigenvalue weighted by Gasteiger charge is 2.52. The number of amides is 4. The highest BCUT2D eigenvalue weighted by Crippen LogP contribution is 2.37. The zero-order valence-corrected chi connectivity index (χ0v) is 49.5. The van der Waals surface area contributed by atoms with Crippen LogP contribution in [0.4, 0.5) is 11.6 Å². The molecule has 24 heteroatoms. The van der Waals surface area contributed by atoms with E-state index in [0.29, 0.717) is 108 Å². The van der Waals surface area contributed by atoms with Gasteiger partial charge in [0, 0.05) is 102 Å². The van der Waals surface area contributed by atoms with Crippen LogP contribution in [0, 0.1) is 0 Å². The summed E-state index contributed by atoms with van der Waals surface area (Å²) in [6.45, 7) is 13.0. The quantitative estimate of drug-likeness (QED) is 0.0655. The third-order valence-corrected chi connectivity index (χ3v) is 15.0. The molecule has 0 bridgehead atoms. The molecule has 3 aliphatic rings. The molecule has 0 atom stereocenters. The van der Waals surface area contributed by atoms with Crippen molar-refractivity contribution in [3.05, 3.63) is 170 Å². The van der Waals surface area contributed by atoms with Crippen molar-refractivity contribution in [2.45, 2.75) is 59.4 Å². The molecule has 11 rings (SSSR count). The normalized spacial score (nSPS) is 15.4. The Balaban J connectivity index is 0.000000172. The van der Waals surface area contributed by atoms with Gasteiger partial charge < -0.3 is 59.5 Å². The van der Waals surface area contributed by atoms with Crippen molar-refractivity contribution in [2.24, 2.45) is 0 Å². The van der Waals surface area contributed by atoms with Crippen LogP contribution in [0.15, 0.2) is 135 Å². The fraction of sp³-hybridized carbons (Fsp3) is 0.279. The molecular formula is C61H64BBrCl2N10O10. The number of furan rings is 2. The maximum atomic E-state index is 12.9. The number of nitrogens with two attached hydrogens (primary N) is 2. The van der Waals surface area contributed by atoms with Gasteiger partial charge in [-0.15, -0.1) is 0 Å². The van der Waals surface area contributed by atoms with Gasteiger partial charge in [-0.05, 0) is 129 Å². The maximum absolute atomic E-state index is 12.9. The fourth-order valence-corrected chi connectivity index (χ4v) is 9.91. The van der Waals surface area contributed by atoms with Crippen molar-refractivity contribution in [3.8, 4) is 11.1 Å². The average Bonchev–Trinajstić information content (AvgIpc) is 3.59. The van der Waals surface area contributed by atoms with Gasteiger partial charge in [0.05, 0.1) is 71.9 Å². The molecule has 0 spiro atoms. The summed E-state index contributed by atoms with van der Waals surface area (Å²) in [6, 6.07) is 21.6. The van der Waals surface area contributed by atoms with E-state index in [-0.39, 0.29) is 44.1 Å². The van der Waals surface area contributed by atoms with Crippen molar-refractivity contribution < 1.29 is 46.8 Å². The number of hydrogen-bond donors (Lipinski definition) is 4. The Kier molecular flexibility index (Phi) is 21.0. The second kappa shape index (κ2) is 28.3. The lowest BCUT2D eigenvalue weighted by Gasteiger charge is -2.32. The van der Waals surface area contributed by atoms with E-state index < -0.39 is 18.3 Å². The number of aromatic nitrogens is 4. The second-order valence-corrected chi connectivity index (χ2v) is 22.3. The van der Waals surface area contributed by atoms with Crippen molar-refractivity contribution in [2.75, 3.05) is 64.1 Å². The second-order valence-electron chi connectivity index (χ2n) is 20.6. The van der Waals surface area contributed by atoms with Gasteiger partial charge in [0.1, 0.15) is 23.2 Å². The zero-order valence-electron chi connectivity index (χ0n) is 46.4. The van der Waals surface area contributed by atoms with Crippen LogP contribution in [-0.2, 0) is 41.5 Å². The van der Waals surface area contributed by atoms with Crippen molar-refractivity contribution in [1.82, 2.24) is 40.4 Å². The monoisotopic (exact) mass is 1260 g/mol. The standard InChI is InChI=1S/C27H24ClN5O4.C17H13BrClN3O2.C16H23BN2O4.CH4/c28-23-12-18(20-10-21(15-30-14-20)27(35)33-5-7-36-8-6-33)9-19-11-22(37-26(19)23)16-32-25(34)4-2-17-1-3-24(29)31-13-17;18-12-5-11-6-13(24-17(11)14(19)7-12)9-22-16(23)4-2-10-1-3-15(20)21-8-10;1-15(2)16(3,4)23-17(22-15)13-9-12(10-18-11-13)14(20)19-5-7-21-8-6-19;/h1-4,9-15H,5-8,16H2,(H2,29,31)(H,32,34);1-8H,9H2,(H2,20,21)(H,22,23);9-11H,5-8H2,1-4H3;1H4/b2*4-2+;;. The van der Waals surface area contributed by atoms with Crippen LogP contribution in [0.3, 0.4) is 0 Å². The van der Waals surface area contributed by atoms with E-state index in [1.165, 1.54) is 12.2 Å². The van der Waals surface area contributed by atoms with E-state index >= 15 is 0 Å².